The molecule has 3 aromatic rings. The van der Waals surface area contributed by atoms with E-state index in [0.29, 0.717) is 33.8 Å². The first-order valence-electron chi connectivity index (χ1n) is 11.9. The third-order valence-electron chi connectivity index (χ3n) is 5.96. The number of aromatic amines is 1. The SMILES string of the molecule is COc1ccccc1CNC(=O)CC1C(=O)N=C2c3ccccc3N=C(SCC(=O)Nc3cc(C)[nH]n3)N21. The molecular formula is C26H25N7O4S. The molecule has 1 aromatic heterocycles. The van der Waals surface area contributed by atoms with Crippen LogP contribution < -0.4 is 15.4 Å². The molecule has 5 rings (SSSR count). The van der Waals surface area contributed by atoms with Crippen LogP contribution in [0.2, 0.25) is 0 Å². The molecule has 0 bridgehead atoms. The molecule has 194 valence electrons. The standard InChI is InChI=1S/C26H25N7O4S/c1-15-11-21(32-31-15)29-23(35)14-38-26-28-18-9-5-4-8-17(18)24-30-25(36)19(33(24)26)12-22(34)27-13-16-7-3-6-10-20(16)37-2/h3-11,19H,12-14H2,1-2H3,(H,27,34)(H2,29,31,32,35). The zero-order chi connectivity index (χ0) is 26.6. The number of thioether (sulfide) groups is 1. The molecule has 1 unspecified atom stereocenters. The number of para-hydroxylation sites is 2. The molecule has 0 radical (unpaired) electrons. The number of nitrogens with one attached hydrogen (secondary N) is 3. The number of hydrogen-bond acceptors (Lipinski definition) is 8. The number of H-pyrrole nitrogens is 1. The van der Waals surface area contributed by atoms with Gasteiger partial charge in [0.1, 0.15) is 17.6 Å². The molecule has 0 saturated carbocycles. The lowest BCUT2D eigenvalue weighted by Gasteiger charge is -2.30. The third-order valence-corrected chi connectivity index (χ3v) is 6.91. The Kier molecular flexibility index (Phi) is 7.22. The molecule has 3 N–H and O–H groups in total. The van der Waals surface area contributed by atoms with Crippen LogP contribution in [0.5, 0.6) is 5.75 Å². The summed E-state index contributed by atoms with van der Waals surface area (Å²) < 4.78 is 5.34. The number of carbonyl (C=O) groups is 3. The minimum Gasteiger partial charge on any atom is -0.496 e. The van der Waals surface area contributed by atoms with E-state index in [1.165, 1.54) is 0 Å². The number of methoxy groups -OCH3 is 1. The topological polar surface area (TPSA) is 141 Å². The first-order chi connectivity index (χ1) is 18.4. The number of carbonyl (C=O) groups excluding carboxylic acids is 3. The molecule has 2 aliphatic heterocycles. The van der Waals surface area contributed by atoms with E-state index in [1.807, 2.05) is 55.5 Å². The van der Waals surface area contributed by atoms with Gasteiger partial charge < -0.3 is 15.4 Å². The number of rotatable bonds is 8. The largest absolute Gasteiger partial charge is 0.496 e. The Hall–Kier alpha value is -4.45. The number of anilines is 1. The number of nitrogens with zero attached hydrogens (tertiary/aromatic N) is 4. The van der Waals surface area contributed by atoms with Gasteiger partial charge in [0.25, 0.3) is 5.91 Å². The molecule has 0 saturated heterocycles. The molecule has 3 amide bonds. The summed E-state index contributed by atoms with van der Waals surface area (Å²) in [5.41, 5.74) is 2.98. The van der Waals surface area contributed by atoms with Crippen LogP contribution >= 0.6 is 11.8 Å². The highest BCUT2D eigenvalue weighted by Gasteiger charge is 2.42. The molecular weight excluding hydrogens is 506 g/mol. The minimum absolute atomic E-state index is 0.0254. The highest BCUT2D eigenvalue weighted by molar-refractivity contribution is 8.14. The lowest BCUT2D eigenvalue weighted by atomic mass is 10.1. The molecule has 0 fully saturated rings. The van der Waals surface area contributed by atoms with E-state index in [9.17, 15) is 14.4 Å². The quantitative estimate of drug-likeness (QED) is 0.406. The van der Waals surface area contributed by atoms with Crippen molar-refractivity contribution in [1.29, 1.82) is 0 Å². The lowest BCUT2D eigenvalue weighted by Crippen LogP contribution is -2.46. The number of fused-ring (bicyclic) bond motifs is 3. The Morgan fingerprint density at radius 2 is 1.89 bits per heavy atom. The van der Waals surface area contributed by atoms with Crippen molar-refractivity contribution in [3.05, 3.63) is 71.4 Å². The van der Waals surface area contributed by atoms with Crippen LogP contribution in [0.1, 0.15) is 23.2 Å². The van der Waals surface area contributed by atoms with E-state index in [1.54, 1.807) is 18.1 Å². The Balaban J connectivity index is 1.31. The first-order valence-corrected chi connectivity index (χ1v) is 12.8. The van der Waals surface area contributed by atoms with Gasteiger partial charge in [-0.1, -0.05) is 42.1 Å². The van der Waals surface area contributed by atoms with Crippen LogP contribution in [-0.2, 0) is 20.9 Å². The van der Waals surface area contributed by atoms with E-state index in [-0.39, 0.29) is 30.5 Å². The Bertz CT molecular complexity index is 1470. The maximum Gasteiger partial charge on any atom is 0.271 e. The van der Waals surface area contributed by atoms with E-state index >= 15 is 0 Å². The highest BCUT2D eigenvalue weighted by Crippen LogP contribution is 2.35. The average molecular weight is 532 g/mol. The van der Waals surface area contributed by atoms with Crippen molar-refractivity contribution in [2.75, 3.05) is 18.2 Å². The Morgan fingerprint density at radius 1 is 1.11 bits per heavy atom. The summed E-state index contributed by atoms with van der Waals surface area (Å²) >= 11 is 1.16. The number of amidine groups is 2. The van der Waals surface area contributed by atoms with Gasteiger partial charge in [0.15, 0.2) is 11.0 Å². The van der Waals surface area contributed by atoms with Crippen LogP contribution in [0.4, 0.5) is 11.5 Å². The number of aryl methyl sites for hydroxylation is 1. The molecule has 2 aliphatic rings. The number of aromatic nitrogens is 2. The van der Waals surface area contributed by atoms with Crippen molar-refractivity contribution in [3.63, 3.8) is 0 Å². The molecule has 38 heavy (non-hydrogen) atoms. The van der Waals surface area contributed by atoms with Gasteiger partial charge in [-0.25, -0.2) is 4.99 Å². The molecule has 3 heterocycles. The van der Waals surface area contributed by atoms with Gasteiger partial charge in [0.05, 0.1) is 25.0 Å². The Morgan fingerprint density at radius 3 is 2.68 bits per heavy atom. The predicted molar refractivity (Wildman–Crippen MR) is 145 cm³/mol. The fourth-order valence-corrected chi connectivity index (χ4v) is 5.03. The summed E-state index contributed by atoms with van der Waals surface area (Å²) in [6.07, 6.45) is -0.124. The number of aliphatic imine (C=N–C) groups is 2. The van der Waals surface area contributed by atoms with E-state index in [4.69, 9.17) is 9.73 Å². The minimum atomic E-state index is -0.876. The number of amides is 3. The average Bonchev–Trinajstić information content (AvgIpc) is 3.48. The van der Waals surface area contributed by atoms with Crippen molar-refractivity contribution in [2.24, 2.45) is 9.98 Å². The monoisotopic (exact) mass is 531 g/mol. The predicted octanol–water partition coefficient (Wildman–Crippen LogP) is 2.76. The second kappa shape index (κ2) is 10.9. The van der Waals surface area contributed by atoms with Gasteiger partial charge in [-0.05, 0) is 25.1 Å². The van der Waals surface area contributed by atoms with Crippen molar-refractivity contribution in [3.8, 4) is 5.75 Å². The van der Waals surface area contributed by atoms with Crippen LogP contribution in [0, 0.1) is 6.92 Å². The fourth-order valence-electron chi connectivity index (χ4n) is 4.18. The molecule has 0 aliphatic carbocycles. The maximum atomic E-state index is 13.0. The zero-order valence-electron chi connectivity index (χ0n) is 20.7. The second-order valence-electron chi connectivity index (χ2n) is 8.64. The van der Waals surface area contributed by atoms with Crippen LogP contribution in [0.15, 0.2) is 64.6 Å². The summed E-state index contributed by atoms with van der Waals surface area (Å²) in [4.78, 5) is 49.1. The van der Waals surface area contributed by atoms with Gasteiger partial charge in [0, 0.05) is 29.4 Å². The van der Waals surface area contributed by atoms with Crippen molar-refractivity contribution >= 4 is 52.0 Å². The maximum absolute atomic E-state index is 13.0. The van der Waals surface area contributed by atoms with Gasteiger partial charge >= 0.3 is 0 Å². The molecule has 1 atom stereocenters. The smallest absolute Gasteiger partial charge is 0.271 e. The van der Waals surface area contributed by atoms with E-state index < -0.39 is 11.9 Å². The molecule has 0 spiro atoms. The number of ether oxygens (including phenoxy) is 1. The summed E-state index contributed by atoms with van der Waals surface area (Å²) in [7, 11) is 1.57. The summed E-state index contributed by atoms with van der Waals surface area (Å²) in [6, 6.07) is 15.6. The van der Waals surface area contributed by atoms with Gasteiger partial charge in [-0.15, -0.1) is 0 Å². The second-order valence-corrected chi connectivity index (χ2v) is 9.58. The van der Waals surface area contributed by atoms with Crippen molar-refractivity contribution < 1.29 is 19.1 Å². The van der Waals surface area contributed by atoms with E-state index in [0.717, 1.165) is 23.0 Å². The van der Waals surface area contributed by atoms with Crippen molar-refractivity contribution in [1.82, 2.24) is 20.4 Å². The van der Waals surface area contributed by atoms with Gasteiger partial charge in [0.2, 0.25) is 11.8 Å². The van der Waals surface area contributed by atoms with Gasteiger partial charge in [-0.3, -0.25) is 24.4 Å². The zero-order valence-corrected chi connectivity index (χ0v) is 21.5. The third kappa shape index (κ3) is 5.30. The summed E-state index contributed by atoms with van der Waals surface area (Å²) in [6.45, 7) is 2.09. The van der Waals surface area contributed by atoms with Crippen molar-refractivity contribution in [2.45, 2.75) is 25.9 Å². The normalized spacial score (nSPS) is 15.8. The molecule has 2 aromatic carbocycles. The molecule has 12 heteroatoms. The molecule has 11 nitrogen and oxygen atoms in total. The first kappa shape index (κ1) is 25.2. The van der Waals surface area contributed by atoms with E-state index in [2.05, 4.69) is 25.8 Å². The highest BCUT2D eigenvalue weighted by atomic mass is 32.2. The Labute approximate surface area is 222 Å². The van der Waals surface area contributed by atoms with Crippen LogP contribution in [0.3, 0.4) is 0 Å². The lowest BCUT2D eigenvalue weighted by molar-refractivity contribution is -0.126. The summed E-state index contributed by atoms with van der Waals surface area (Å²) in [5, 5.41) is 12.8. The number of hydrogen-bond donors (Lipinski definition) is 3. The summed E-state index contributed by atoms with van der Waals surface area (Å²) in [5.74, 6) is 0.503. The number of benzene rings is 2. The van der Waals surface area contributed by atoms with Crippen LogP contribution in [-0.4, -0.2) is 62.7 Å². The van der Waals surface area contributed by atoms with Gasteiger partial charge in [-0.2, -0.15) is 10.1 Å². The van der Waals surface area contributed by atoms with Crippen LogP contribution in [0.25, 0.3) is 0 Å². The fraction of sp³-hybridized carbons (Fsp3) is 0.231.